The molecule has 0 aliphatic carbocycles. The second-order valence-electron chi connectivity index (χ2n) is 27.3. The number of benzene rings is 3. The number of carboxylic acids is 1. The number of nitrogens with one attached hydrogen (secondary N) is 12. The van der Waals surface area contributed by atoms with Gasteiger partial charge in [0.05, 0.1) is 20.1 Å². The van der Waals surface area contributed by atoms with Crippen molar-refractivity contribution < 1.29 is 96.6 Å². The summed E-state index contributed by atoms with van der Waals surface area (Å²) in [5.41, 5.74) is 14.6. The molecule has 11 amide bonds. The SMILES string of the molecule is CC[C@H](C)[C@@H]1NC(=O)[C@H](CC(=O)OOC)NC(=O)[C@H](CCOC)NC(=O)[C@@H]2CCCN2C(=O)[C@H](C)NC(=O)[C@H](CCCNC(=N)N)NC(=O)/C=N/OCCCCCCOc2cc(CSC)cc(c2)CSC[C@@H](C(N)=O)NC(=O)[C@H](CCC(=O)O)NC(=O)[C@H](Cc2ccc(O)cc2)NC(=O)[C@H](Cc2c[nH]c3ccccc23)NC1=O. The van der Waals surface area contributed by atoms with Gasteiger partial charge in [0.25, 0.3) is 5.91 Å². The molecule has 3 heterocycles. The van der Waals surface area contributed by atoms with E-state index in [4.69, 9.17) is 36.1 Å². The molecular weight excluding hydrogens is 1510 g/mol. The Morgan fingerprint density at radius 3 is 2.06 bits per heavy atom. The van der Waals surface area contributed by atoms with Crippen LogP contribution in [0, 0.1) is 11.3 Å². The van der Waals surface area contributed by atoms with Crippen molar-refractivity contribution in [1.29, 1.82) is 5.41 Å². The minimum atomic E-state index is -1.88. The summed E-state index contributed by atoms with van der Waals surface area (Å²) in [6.07, 6.45) is 5.00. The molecule has 2 aliphatic rings. The smallest absolute Gasteiger partial charge is 0.344 e. The van der Waals surface area contributed by atoms with Crippen LogP contribution in [0.3, 0.4) is 0 Å². The van der Waals surface area contributed by atoms with Gasteiger partial charge < -0.3 is 99.0 Å². The van der Waals surface area contributed by atoms with Crippen molar-refractivity contribution in [2.45, 2.75) is 189 Å². The van der Waals surface area contributed by atoms with E-state index in [0.717, 1.165) is 30.9 Å². The molecule has 4 aromatic rings. The van der Waals surface area contributed by atoms with E-state index in [1.807, 2.05) is 24.5 Å². The molecule has 2 bridgehead atoms. The van der Waals surface area contributed by atoms with Crippen LogP contribution in [0.25, 0.3) is 10.9 Å². The van der Waals surface area contributed by atoms with E-state index in [0.29, 0.717) is 71.6 Å². The number of guanidine groups is 1. The fourth-order valence-corrected chi connectivity index (χ4v) is 13.9. The summed E-state index contributed by atoms with van der Waals surface area (Å²) in [7, 11) is 2.34. The van der Waals surface area contributed by atoms with E-state index in [9.17, 15) is 63.0 Å². The Bertz CT molecular complexity index is 3950. The summed E-state index contributed by atoms with van der Waals surface area (Å²) < 4.78 is 11.5. The average Bonchev–Trinajstić information content (AvgIpc) is 1.74. The Morgan fingerprint density at radius 2 is 1.37 bits per heavy atom. The lowest BCUT2D eigenvalue weighted by Gasteiger charge is -2.30. The molecule has 0 radical (unpaired) electrons. The number of oxime groups is 1. The second kappa shape index (κ2) is 47.6. The number of aliphatic carboxylic acids is 1. The van der Waals surface area contributed by atoms with Crippen molar-refractivity contribution in [1.82, 2.24) is 63.1 Å². The standard InChI is InChI=1S/C75H106N16O20S2/c1-7-43(2)64-73(105)88-57(36-48-38-80-52-17-11-10-16-51(48)52)70(102)86-56(35-45-20-22-49(92)23-21-45)69(101)84-54(24-25-62(94)95)67(99)89-59(65(76)97)42-113-41-47-32-46(40-112-6)33-50(34-47)109-29-12-8-9-13-30-110-81-39-61(93)83-53(18-14-27-79-75(77)78)66(98)82-44(3)74(106)91-28-15-19-60(91)72(104)85-55(26-31-107-4)68(100)87-58(71(103)90-64)37-63(96)111-108-5/h10-11,16-17,20-23,32-34,38-39,43-44,53-60,64,80,92H,7-9,12-15,18-19,24-31,35-37,40-42H2,1-6H3,(H2,76,97)(H,82,98)(H,83,93)(H,84,101)(H,85,104)(H,86,102)(H,87,100)(H,88,105)(H,89,99)(H,90,103)(H,94,95)(H4,77,78,79)/b81-39+/t43-,44-,53-,54-,55-,56-,57-,58-,59-,60-,64-/m0/s1. The van der Waals surface area contributed by atoms with Gasteiger partial charge in [-0.15, -0.1) is 0 Å². The Labute approximate surface area is 662 Å². The van der Waals surface area contributed by atoms with Gasteiger partial charge in [-0.05, 0) is 136 Å². The number of aromatic amines is 1. The van der Waals surface area contributed by atoms with Crippen molar-refractivity contribution in [2.75, 3.05) is 59.1 Å². The Kier molecular flexibility index (Phi) is 38.4. The molecule has 618 valence electrons. The molecule has 1 saturated heterocycles. The van der Waals surface area contributed by atoms with Crippen LogP contribution < -0.4 is 69.4 Å². The van der Waals surface area contributed by atoms with Crippen LogP contribution in [0.15, 0.2) is 78.1 Å². The summed E-state index contributed by atoms with van der Waals surface area (Å²) in [5, 5.41) is 58.3. The molecule has 38 heteroatoms. The predicted octanol–water partition coefficient (Wildman–Crippen LogP) is 0.975. The van der Waals surface area contributed by atoms with Crippen LogP contribution in [-0.4, -0.2) is 229 Å². The van der Waals surface area contributed by atoms with E-state index in [-0.39, 0.29) is 88.7 Å². The minimum Gasteiger partial charge on any atom is -0.508 e. The third-order valence-corrected chi connectivity index (χ3v) is 20.3. The van der Waals surface area contributed by atoms with Gasteiger partial charge >= 0.3 is 11.9 Å². The maximum atomic E-state index is 15.3. The lowest BCUT2D eigenvalue weighted by molar-refractivity contribution is -0.255. The average molecular weight is 1620 g/mol. The number of aromatic hydroxyl groups is 1. The number of carbonyl (C=O) groups excluding carboxylic acids is 12. The number of nitrogens with zero attached hydrogens (tertiary/aromatic N) is 2. The third-order valence-electron chi connectivity index (χ3n) is 18.6. The number of phenols is 1. The quantitative estimate of drug-likeness (QED) is 0.0171. The van der Waals surface area contributed by atoms with Crippen molar-refractivity contribution in [2.24, 2.45) is 22.5 Å². The van der Waals surface area contributed by atoms with Crippen LogP contribution in [0.4, 0.5) is 0 Å². The van der Waals surface area contributed by atoms with Crippen molar-refractivity contribution >= 4 is 124 Å². The molecule has 18 N–H and O–H groups in total. The van der Waals surface area contributed by atoms with Crippen LogP contribution in [0.5, 0.6) is 11.5 Å². The number of amides is 11. The van der Waals surface area contributed by atoms with Crippen molar-refractivity contribution in [3.63, 3.8) is 0 Å². The van der Waals surface area contributed by atoms with Gasteiger partial charge in [-0.3, -0.25) is 67.8 Å². The van der Waals surface area contributed by atoms with E-state index in [1.165, 1.54) is 55.0 Å². The van der Waals surface area contributed by atoms with Crippen LogP contribution >= 0.6 is 23.5 Å². The molecule has 11 atom stereocenters. The zero-order chi connectivity index (χ0) is 82.5. The van der Waals surface area contributed by atoms with Gasteiger partial charge in [-0.2, -0.15) is 28.4 Å². The molecule has 0 spiro atoms. The Morgan fingerprint density at radius 1 is 0.735 bits per heavy atom. The number of H-pyrrole nitrogens is 1. The Hall–Kier alpha value is -10.7. The topological polar surface area (TPSA) is 536 Å². The second-order valence-corrected chi connectivity index (χ2v) is 29.2. The molecule has 1 fully saturated rings. The number of ether oxygens (including phenoxy) is 2. The van der Waals surface area contributed by atoms with E-state index >= 15 is 9.59 Å². The van der Waals surface area contributed by atoms with Gasteiger partial charge in [0.2, 0.25) is 59.1 Å². The zero-order valence-corrected chi connectivity index (χ0v) is 65.9. The van der Waals surface area contributed by atoms with Gasteiger partial charge in [0, 0.05) is 80.4 Å². The largest absolute Gasteiger partial charge is 0.508 e. The van der Waals surface area contributed by atoms with E-state index < -0.39 is 163 Å². The lowest BCUT2D eigenvalue weighted by Crippen LogP contribution is -2.62. The highest BCUT2D eigenvalue weighted by atomic mass is 32.2. The molecule has 6 rings (SSSR count). The molecular formula is C75H106N16O20S2. The number of aromatic nitrogens is 1. The predicted molar refractivity (Wildman–Crippen MR) is 419 cm³/mol. The molecule has 2 aliphatic heterocycles. The van der Waals surface area contributed by atoms with Crippen molar-refractivity contribution in [3.8, 4) is 11.5 Å². The number of hydrogen-bond donors (Lipinski definition) is 16. The molecule has 3 aromatic carbocycles. The number of carboxylic acid groups (broad SMARTS) is 1. The van der Waals surface area contributed by atoms with Crippen LogP contribution in [0.1, 0.15) is 126 Å². The fraction of sp³-hybridized carbons (Fsp3) is 0.533. The molecule has 0 unspecified atom stereocenters. The van der Waals surface area contributed by atoms with E-state index in [2.05, 4.69) is 68.2 Å². The number of rotatable bonds is 22. The first-order valence-electron chi connectivity index (χ1n) is 37.3. The van der Waals surface area contributed by atoms with Gasteiger partial charge in [0.15, 0.2) is 5.96 Å². The number of carbonyl (C=O) groups is 13. The van der Waals surface area contributed by atoms with E-state index in [1.54, 1.807) is 56.1 Å². The first-order chi connectivity index (χ1) is 54.1. The number of fused-ring (bicyclic) bond motifs is 4. The number of thioether (sulfide) groups is 2. The summed E-state index contributed by atoms with van der Waals surface area (Å²) >= 11 is 2.84. The number of phenolic OH excluding ortho intramolecular Hbond substituents is 1. The van der Waals surface area contributed by atoms with Gasteiger partial charge in [-0.1, -0.05) is 61.8 Å². The molecule has 0 saturated carbocycles. The fourth-order valence-electron chi connectivity index (χ4n) is 12.4. The number of hydrogen-bond acceptors (Lipinski definition) is 23. The highest BCUT2D eigenvalue weighted by molar-refractivity contribution is 7.98. The number of para-hydroxylation sites is 1. The number of primary amides is 1. The molecule has 113 heavy (non-hydrogen) atoms. The number of methoxy groups -OCH3 is 1. The number of nitrogens with two attached hydrogens (primary N) is 2. The normalized spacial score (nSPS) is 23.3. The van der Waals surface area contributed by atoms with Crippen molar-refractivity contribution in [3.05, 3.63) is 95.2 Å². The van der Waals surface area contributed by atoms with Crippen LogP contribution in [0.2, 0.25) is 0 Å². The first-order valence-corrected chi connectivity index (χ1v) is 39.8. The van der Waals surface area contributed by atoms with Gasteiger partial charge in [0.1, 0.15) is 84.7 Å². The van der Waals surface area contributed by atoms with Gasteiger partial charge in [-0.25, -0.2) is 4.79 Å². The summed E-state index contributed by atoms with van der Waals surface area (Å²) in [6.45, 7) is 5.23. The maximum absolute atomic E-state index is 15.3. The maximum Gasteiger partial charge on any atom is 0.344 e. The summed E-state index contributed by atoms with van der Waals surface area (Å²) in [4.78, 5) is 203. The highest BCUT2D eigenvalue weighted by Crippen LogP contribution is 2.26. The zero-order valence-electron chi connectivity index (χ0n) is 64.2. The molecule has 1 aromatic heterocycles. The monoisotopic (exact) mass is 1610 g/mol. The highest BCUT2D eigenvalue weighted by Gasteiger charge is 2.41. The Balaban J connectivity index is 1.35. The summed E-state index contributed by atoms with van der Waals surface area (Å²) in [5.74, 6) is -12.4. The first kappa shape index (κ1) is 91.1. The van der Waals surface area contributed by atoms with Crippen LogP contribution in [-0.2, 0) is 106 Å². The molecule has 36 nitrogen and oxygen atoms in total. The summed E-state index contributed by atoms with van der Waals surface area (Å²) in [6, 6.07) is 3.41. The third kappa shape index (κ3) is 30.7. The lowest BCUT2D eigenvalue weighted by atomic mass is 9.96. The minimum absolute atomic E-state index is 0.00848.